The molecule has 0 aliphatic rings. The Morgan fingerprint density at radius 3 is 2.63 bits per heavy atom. The van der Waals surface area contributed by atoms with Crippen LogP contribution in [0.4, 0.5) is 5.69 Å². The van der Waals surface area contributed by atoms with E-state index in [0.717, 1.165) is 22.2 Å². The number of ether oxygens (including phenoxy) is 1. The number of methoxy groups -OCH3 is 1. The number of pyridine rings is 1. The summed E-state index contributed by atoms with van der Waals surface area (Å²) in [5.41, 5.74) is 4.25. The highest BCUT2D eigenvalue weighted by atomic mass is 35.5. The monoisotopic (exact) mass is 440 g/mol. The number of halogens is 2. The van der Waals surface area contributed by atoms with Gasteiger partial charge in [-0.1, -0.05) is 35.3 Å². The number of amides is 1. The lowest BCUT2D eigenvalue weighted by Gasteiger charge is -2.17. The highest BCUT2D eigenvalue weighted by Crippen LogP contribution is 2.33. The molecule has 2 heterocycles. The summed E-state index contributed by atoms with van der Waals surface area (Å²) in [6.07, 6.45) is 7.05. The van der Waals surface area contributed by atoms with Crippen LogP contribution in [0, 0.1) is 6.92 Å². The third-order valence-electron chi connectivity index (χ3n) is 4.78. The van der Waals surface area contributed by atoms with Crippen LogP contribution >= 0.6 is 23.2 Å². The molecule has 0 bridgehead atoms. The number of hydrogen-bond donors (Lipinski definition) is 1. The lowest BCUT2D eigenvalue weighted by atomic mass is 10.0. The van der Waals surface area contributed by atoms with Gasteiger partial charge >= 0.3 is 0 Å². The van der Waals surface area contributed by atoms with E-state index in [0.29, 0.717) is 17.8 Å². The zero-order valence-corrected chi connectivity index (χ0v) is 17.8. The molecule has 30 heavy (non-hydrogen) atoms. The van der Waals surface area contributed by atoms with Crippen molar-refractivity contribution in [3.8, 4) is 5.69 Å². The molecule has 2 aromatic carbocycles. The van der Waals surface area contributed by atoms with Crippen LogP contribution in [0.25, 0.3) is 16.6 Å². The fraction of sp³-hybridized carbons (Fsp3) is 0.136. The topological polar surface area (TPSA) is 69.0 Å². The molecule has 0 unspecified atom stereocenters. The molecule has 152 valence electrons. The van der Waals surface area contributed by atoms with Gasteiger partial charge in [-0.3, -0.25) is 9.78 Å². The number of hydrogen-bond acceptors (Lipinski definition) is 4. The van der Waals surface area contributed by atoms with E-state index in [-0.39, 0.29) is 15.6 Å². The predicted octanol–water partition coefficient (Wildman–Crippen LogP) is 5.43. The summed E-state index contributed by atoms with van der Waals surface area (Å²) in [5, 5.41) is 4.37. The smallest absolute Gasteiger partial charge is 0.258 e. The van der Waals surface area contributed by atoms with Crippen molar-refractivity contribution in [3.05, 3.63) is 82.0 Å². The van der Waals surface area contributed by atoms with Crippen LogP contribution in [0.1, 0.15) is 21.5 Å². The molecule has 0 aliphatic carbocycles. The van der Waals surface area contributed by atoms with Gasteiger partial charge in [-0.2, -0.15) is 0 Å². The summed E-state index contributed by atoms with van der Waals surface area (Å²) in [7, 11) is 1.64. The molecule has 0 fully saturated rings. The van der Waals surface area contributed by atoms with Gasteiger partial charge in [0.2, 0.25) is 0 Å². The van der Waals surface area contributed by atoms with Gasteiger partial charge in [-0.15, -0.1) is 0 Å². The van der Waals surface area contributed by atoms with Gasteiger partial charge < -0.3 is 14.6 Å². The van der Waals surface area contributed by atoms with Gasteiger partial charge in [0.15, 0.2) is 0 Å². The van der Waals surface area contributed by atoms with Crippen molar-refractivity contribution in [2.45, 2.75) is 13.5 Å². The third kappa shape index (κ3) is 3.65. The van der Waals surface area contributed by atoms with Crippen LogP contribution < -0.4 is 5.32 Å². The van der Waals surface area contributed by atoms with Crippen molar-refractivity contribution in [1.29, 1.82) is 0 Å². The number of anilines is 1. The van der Waals surface area contributed by atoms with Crippen LogP contribution in [0.15, 0.2) is 55.2 Å². The second-order valence-electron chi connectivity index (χ2n) is 6.74. The highest BCUT2D eigenvalue weighted by Gasteiger charge is 2.19. The maximum atomic E-state index is 12.9. The molecular formula is C22H18Cl2N4O2. The van der Waals surface area contributed by atoms with E-state index in [1.807, 2.05) is 29.8 Å². The van der Waals surface area contributed by atoms with Crippen LogP contribution in [-0.2, 0) is 11.3 Å². The SMILES string of the molecule is COCc1cnc2c(NC(=O)c3c(Cl)cccc3Cl)ccc(C)c2c1-n1ccnc1. The number of fused-ring (bicyclic) bond motifs is 1. The number of benzene rings is 2. The minimum Gasteiger partial charge on any atom is -0.380 e. The number of rotatable bonds is 5. The second-order valence-corrected chi connectivity index (χ2v) is 7.55. The van der Waals surface area contributed by atoms with Crippen molar-refractivity contribution < 1.29 is 9.53 Å². The molecule has 4 rings (SSSR count). The Hall–Kier alpha value is -2.93. The van der Waals surface area contributed by atoms with Gasteiger partial charge in [0.1, 0.15) is 0 Å². The molecule has 1 N–H and O–H groups in total. The highest BCUT2D eigenvalue weighted by molar-refractivity contribution is 6.40. The number of nitrogens with zero attached hydrogens (tertiary/aromatic N) is 3. The molecule has 1 amide bonds. The Morgan fingerprint density at radius 2 is 1.97 bits per heavy atom. The molecule has 0 aliphatic heterocycles. The molecule has 4 aromatic rings. The quantitative estimate of drug-likeness (QED) is 0.448. The van der Waals surface area contributed by atoms with E-state index in [4.69, 9.17) is 27.9 Å². The molecule has 0 saturated carbocycles. The van der Waals surface area contributed by atoms with Gasteiger partial charge in [-0.25, -0.2) is 4.98 Å². The summed E-state index contributed by atoms with van der Waals surface area (Å²) in [4.78, 5) is 21.7. The zero-order chi connectivity index (χ0) is 21.3. The average Bonchev–Trinajstić information content (AvgIpc) is 3.24. The number of aromatic nitrogens is 3. The van der Waals surface area contributed by atoms with Crippen LogP contribution in [-0.4, -0.2) is 27.6 Å². The average molecular weight is 441 g/mol. The van der Waals surface area contributed by atoms with Gasteiger partial charge in [-0.05, 0) is 30.7 Å². The Balaban J connectivity index is 1.88. The lowest BCUT2D eigenvalue weighted by molar-refractivity contribution is 0.102. The van der Waals surface area contributed by atoms with E-state index in [1.165, 1.54) is 0 Å². The molecule has 0 atom stereocenters. The van der Waals surface area contributed by atoms with Gasteiger partial charge in [0, 0.05) is 36.7 Å². The first-order chi connectivity index (χ1) is 14.5. The summed E-state index contributed by atoms with van der Waals surface area (Å²) < 4.78 is 7.28. The summed E-state index contributed by atoms with van der Waals surface area (Å²) in [6.45, 7) is 2.39. The Labute approximate surface area is 183 Å². The predicted molar refractivity (Wildman–Crippen MR) is 119 cm³/mol. The van der Waals surface area contributed by atoms with Crippen molar-refractivity contribution in [2.75, 3.05) is 12.4 Å². The number of aryl methyl sites for hydroxylation is 1. The van der Waals surface area contributed by atoms with Crippen LogP contribution in [0.2, 0.25) is 10.0 Å². The first-order valence-electron chi connectivity index (χ1n) is 9.15. The van der Waals surface area contributed by atoms with Crippen molar-refractivity contribution in [3.63, 3.8) is 0 Å². The summed E-state index contributed by atoms with van der Waals surface area (Å²) >= 11 is 12.4. The third-order valence-corrected chi connectivity index (χ3v) is 5.41. The second kappa shape index (κ2) is 8.44. The summed E-state index contributed by atoms with van der Waals surface area (Å²) in [5.74, 6) is -0.400. The van der Waals surface area contributed by atoms with E-state index in [1.54, 1.807) is 44.0 Å². The molecule has 2 aromatic heterocycles. The molecule has 0 saturated heterocycles. The molecule has 0 spiro atoms. The van der Waals surface area contributed by atoms with Crippen molar-refractivity contribution >= 4 is 45.7 Å². The van der Waals surface area contributed by atoms with E-state index in [2.05, 4.69) is 15.3 Å². The van der Waals surface area contributed by atoms with E-state index < -0.39 is 5.91 Å². The Kier molecular flexibility index (Phi) is 5.72. The normalized spacial score (nSPS) is 11.1. The zero-order valence-electron chi connectivity index (χ0n) is 16.3. The van der Waals surface area contributed by atoms with E-state index in [9.17, 15) is 4.79 Å². The summed E-state index contributed by atoms with van der Waals surface area (Å²) in [6, 6.07) is 8.70. The number of imidazole rings is 1. The van der Waals surface area contributed by atoms with Crippen molar-refractivity contribution in [1.82, 2.24) is 14.5 Å². The van der Waals surface area contributed by atoms with Crippen molar-refractivity contribution in [2.24, 2.45) is 0 Å². The van der Waals surface area contributed by atoms with E-state index >= 15 is 0 Å². The first-order valence-corrected chi connectivity index (χ1v) is 9.90. The molecule has 8 heteroatoms. The Morgan fingerprint density at radius 1 is 1.20 bits per heavy atom. The van der Waals surface area contributed by atoms with Gasteiger partial charge in [0.25, 0.3) is 5.91 Å². The Bertz CT molecular complexity index is 1220. The largest absolute Gasteiger partial charge is 0.380 e. The van der Waals surface area contributed by atoms with Gasteiger partial charge in [0.05, 0.1) is 45.4 Å². The molecule has 6 nitrogen and oxygen atoms in total. The number of carbonyl (C=O) groups excluding carboxylic acids is 1. The number of carbonyl (C=O) groups is 1. The molecule has 0 radical (unpaired) electrons. The van der Waals surface area contributed by atoms with Crippen LogP contribution in [0.5, 0.6) is 0 Å². The van der Waals surface area contributed by atoms with Crippen LogP contribution in [0.3, 0.4) is 0 Å². The number of nitrogens with one attached hydrogen (secondary N) is 1. The minimum atomic E-state index is -0.400. The maximum Gasteiger partial charge on any atom is 0.258 e. The first kappa shape index (κ1) is 20.3. The lowest BCUT2D eigenvalue weighted by Crippen LogP contribution is -2.14. The minimum absolute atomic E-state index is 0.223. The standard InChI is InChI=1S/C22H18Cl2N4O2/c1-13-6-7-17(27-22(29)19-15(23)4-3-5-16(19)24)20-18(13)21(28-9-8-25-12-28)14(10-26-20)11-30-2/h3-10,12H,11H2,1-2H3,(H,27,29). The molecular weight excluding hydrogens is 423 g/mol. The maximum absolute atomic E-state index is 12.9. The fourth-order valence-electron chi connectivity index (χ4n) is 3.44. The fourth-order valence-corrected chi connectivity index (χ4v) is 4.01.